The van der Waals surface area contributed by atoms with Crippen LogP contribution in [0.25, 0.3) is 5.69 Å². The molecule has 0 saturated heterocycles. The summed E-state index contributed by atoms with van der Waals surface area (Å²) >= 11 is 0. The number of anilines is 1. The van der Waals surface area contributed by atoms with E-state index >= 15 is 0 Å². The van der Waals surface area contributed by atoms with Crippen molar-refractivity contribution in [1.29, 1.82) is 0 Å². The Morgan fingerprint density at radius 2 is 1.94 bits per heavy atom. The molecule has 0 atom stereocenters. The van der Waals surface area contributed by atoms with E-state index in [0.29, 0.717) is 11.7 Å². The van der Waals surface area contributed by atoms with Gasteiger partial charge in [0.2, 0.25) is 0 Å². The number of benzene rings is 1. The molecule has 16 heavy (non-hydrogen) atoms. The van der Waals surface area contributed by atoms with Crippen LogP contribution >= 0.6 is 0 Å². The summed E-state index contributed by atoms with van der Waals surface area (Å²) < 4.78 is 1.83. The molecule has 0 aliphatic rings. The largest absolute Gasteiger partial charge is 0.381 e. The summed E-state index contributed by atoms with van der Waals surface area (Å²) in [4.78, 5) is 0. The third-order valence-corrected chi connectivity index (χ3v) is 2.62. The van der Waals surface area contributed by atoms with Crippen LogP contribution in [0.5, 0.6) is 0 Å². The van der Waals surface area contributed by atoms with Gasteiger partial charge in [-0.15, -0.1) is 5.10 Å². The summed E-state index contributed by atoms with van der Waals surface area (Å²) in [5.74, 6) is 0.813. The van der Waals surface area contributed by atoms with E-state index in [9.17, 15) is 0 Å². The van der Waals surface area contributed by atoms with Crippen molar-refractivity contribution < 1.29 is 0 Å². The van der Waals surface area contributed by atoms with Gasteiger partial charge in [0.05, 0.1) is 11.4 Å². The lowest BCUT2D eigenvalue weighted by Crippen LogP contribution is -2.06. The van der Waals surface area contributed by atoms with Gasteiger partial charge < -0.3 is 5.73 Å². The van der Waals surface area contributed by atoms with Crippen LogP contribution < -0.4 is 5.73 Å². The number of aryl methyl sites for hydroxylation is 1. The maximum Gasteiger partial charge on any atom is 0.169 e. The number of nitrogens with two attached hydrogens (primary N) is 1. The van der Waals surface area contributed by atoms with E-state index in [-0.39, 0.29) is 0 Å². The Labute approximate surface area is 95.1 Å². The Balaban J connectivity index is 2.61. The van der Waals surface area contributed by atoms with E-state index in [0.717, 1.165) is 16.9 Å². The fraction of sp³-hybridized carbons (Fsp3) is 0.333. The lowest BCUT2D eigenvalue weighted by atomic mass is 10.1. The number of aromatic nitrogens is 3. The zero-order valence-corrected chi connectivity index (χ0v) is 9.81. The first kappa shape index (κ1) is 10.7. The number of hydrogen-bond donors (Lipinski definition) is 1. The van der Waals surface area contributed by atoms with E-state index < -0.39 is 0 Å². The number of para-hydroxylation sites is 1. The van der Waals surface area contributed by atoms with Gasteiger partial charge in [0.25, 0.3) is 0 Å². The standard InChI is InChI=1S/C12H16N4/c1-8(2)11-12(13)14-15-16(11)10-7-5-4-6-9(10)3/h4-8H,13H2,1-3H3. The number of nitrogen functional groups attached to an aromatic ring is 1. The second kappa shape index (κ2) is 3.96. The molecule has 2 rings (SSSR count). The summed E-state index contributed by atoms with van der Waals surface area (Å²) in [6, 6.07) is 8.07. The summed E-state index contributed by atoms with van der Waals surface area (Å²) in [6.07, 6.45) is 0. The SMILES string of the molecule is Cc1ccccc1-n1nnc(N)c1C(C)C. The summed E-state index contributed by atoms with van der Waals surface area (Å²) in [5.41, 5.74) is 9.00. The van der Waals surface area contributed by atoms with E-state index in [1.165, 1.54) is 0 Å². The topological polar surface area (TPSA) is 56.7 Å². The molecule has 0 fully saturated rings. The lowest BCUT2D eigenvalue weighted by molar-refractivity contribution is 0.713. The van der Waals surface area contributed by atoms with Gasteiger partial charge in [-0.2, -0.15) is 0 Å². The van der Waals surface area contributed by atoms with Gasteiger partial charge in [0, 0.05) is 0 Å². The van der Waals surface area contributed by atoms with Crippen LogP contribution in [0, 0.1) is 6.92 Å². The van der Waals surface area contributed by atoms with Crippen molar-refractivity contribution in [2.45, 2.75) is 26.7 Å². The Kier molecular flexibility index (Phi) is 2.64. The molecule has 0 aliphatic carbocycles. The van der Waals surface area contributed by atoms with Crippen LogP contribution in [0.3, 0.4) is 0 Å². The van der Waals surface area contributed by atoms with Gasteiger partial charge in [0.15, 0.2) is 5.82 Å². The number of hydrogen-bond acceptors (Lipinski definition) is 3. The fourth-order valence-corrected chi connectivity index (χ4v) is 1.82. The average molecular weight is 216 g/mol. The molecule has 2 aromatic rings. The van der Waals surface area contributed by atoms with Crippen molar-refractivity contribution in [3.63, 3.8) is 0 Å². The van der Waals surface area contributed by atoms with Crippen molar-refractivity contribution in [3.8, 4) is 5.69 Å². The molecule has 0 saturated carbocycles. The molecule has 0 amide bonds. The molecule has 0 radical (unpaired) electrons. The van der Waals surface area contributed by atoms with Crippen molar-refractivity contribution >= 4 is 5.82 Å². The smallest absolute Gasteiger partial charge is 0.169 e. The molecule has 4 nitrogen and oxygen atoms in total. The van der Waals surface area contributed by atoms with Gasteiger partial charge in [0.1, 0.15) is 0 Å². The normalized spacial score (nSPS) is 11.0. The predicted molar refractivity (Wildman–Crippen MR) is 64.6 cm³/mol. The molecule has 0 bridgehead atoms. The van der Waals surface area contributed by atoms with Crippen LogP contribution in [0.15, 0.2) is 24.3 Å². The van der Waals surface area contributed by atoms with Crippen LogP contribution in [0.2, 0.25) is 0 Å². The highest BCUT2D eigenvalue weighted by molar-refractivity contribution is 5.46. The van der Waals surface area contributed by atoms with Crippen LogP contribution in [0.1, 0.15) is 31.0 Å². The highest BCUT2D eigenvalue weighted by Crippen LogP contribution is 2.23. The van der Waals surface area contributed by atoms with Gasteiger partial charge >= 0.3 is 0 Å². The minimum atomic E-state index is 0.301. The molecule has 1 heterocycles. The minimum Gasteiger partial charge on any atom is -0.381 e. The summed E-state index contributed by atoms with van der Waals surface area (Å²) in [7, 11) is 0. The first-order chi connectivity index (χ1) is 7.61. The summed E-state index contributed by atoms with van der Waals surface area (Å²) in [6.45, 7) is 6.23. The molecule has 84 valence electrons. The van der Waals surface area contributed by atoms with Crippen LogP contribution in [0.4, 0.5) is 5.82 Å². The number of rotatable bonds is 2. The zero-order chi connectivity index (χ0) is 11.7. The van der Waals surface area contributed by atoms with E-state index in [2.05, 4.69) is 37.1 Å². The Morgan fingerprint density at radius 3 is 2.56 bits per heavy atom. The molecule has 1 aromatic carbocycles. The molecule has 0 aliphatic heterocycles. The molecule has 0 spiro atoms. The Bertz CT molecular complexity index is 499. The first-order valence-corrected chi connectivity index (χ1v) is 5.38. The lowest BCUT2D eigenvalue weighted by Gasteiger charge is -2.11. The quantitative estimate of drug-likeness (QED) is 0.837. The van der Waals surface area contributed by atoms with E-state index in [1.807, 2.05) is 22.9 Å². The van der Waals surface area contributed by atoms with Crippen molar-refractivity contribution in [2.75, 3.05) is 5.73 Å². The monoisotopic (exact) mass is 216 g/mol. The summed E-state index contributed by atoms with van der Waals surface area (Å²) in [5, 5.41) is 8.06. The molecular formula is C12H16N4. The van der Waals surface area contributed by atoms with Gasteiger partial charge in [-0.3, -0.25) is 0 Å². The molecule has 4 heteroatoms. The van der Waals surface area contributed by atoms with Crippen molar-refractivity contribution in [2.24, 2.45) is 0 Å². The predicted octanol–water partition coefficient (Wildman–Crippen LogP) is 2.28. The van der Waals surface area contributed by atoms with Crippen molar-refractivity contribution in [1.82, 2.24) is 15.0 Å². The number of nitrogens with zero attached hydrogens (tertiary/aromatic N) is 3. The van der Waals surface area contributed by atoms with Gasteiger partial charge in [-0.25, -0.2) is 4.68 Å². The third kappa shape index (κ3) is 1.66. The molecule has 1 aromatic heterocycles. The van der Waals surface area contributed by atoms with Crippen molar-refractivity contribution in [3.05, 3.63) is 35.5 Å². The third-order valence-electron chi connectivity index (χ3n) is 2.62. The van der Waals surface area contributed by atoms with Gasteiger partial charge in [-0.05, 0) is 24.5 Å². The Morgan fingerprint density at radius 1 is 1.25 bits per heavy atom. The molecular weight excluding hydrogens is 200 g/mol. The zero-order valence-electron chi connectivity index (χ0n) is 9.81. The Hall–Kier alpha value is -1.84. The second-order valence-corrected chi connectivity index (χ2v) is 4.21. The maximum absolute atomic E-state index is 5.84. The highest BCUT2D eigenvalue weighted by Gasteiger charge is 2.15. The van der Waals surface area contributed by atoms with E-state index in [4.69, 9.17) is 5.73 Å². The average Bonchev–Trinajstić information content (AvgIpc) is 2.61. The maximum atomic E-state index is 5.84. The second-order valence-electron chi connectivity index (χ2n) is 4.21. The molecule has 2 N–H and O–H groups in total. The van der Waals surface area contributed by atoms with Crippen LogP contribution in [-0.2, 0) is 0 Å². The van der Waals surface area contributed by atoms with Crippen LogP contribution in [-0.4, -0.2) is 15.0 Å². The van der Waals surface area contributed by atoms with E-state index in [1.54, 1.807) is 0 Å². The fourth-order valence-electron chi connectivity index (χ4n) is 1.82. The first-order valence-electron chi connectivity index (χ1n) is 5.38. The minimum absolute atomic E-state index is 0.301. The van der Waals surface area contributed by atoms with Gasteiger partial charge in [-0.1, -0.05) is 37.3 Å². The highest BCUT2D eigenvalue weighted by atomic mass is 15.4. The molecule has 0 unspecified atom stereocenters.